The molecule has 17 heavy (non-hydrogen) atoms. The molecule has 0 radical (unpaired) electrons. The van der Waals surface area contributed by atoms with Gasteiger partial charge in [-0.25, -0.2) is 0 Å². The van der Waals surface area contributed by atoms with E-state index in [-0.39, 0.29) is 5.60 Å². The van der Waals surface area contributed by atoms with E-state index in [4.69, 9.17) is 4.43 Å². The fourth-order valence-electron chi connectivity index (χ4n) is 2.57. The molecule has 0 aliphatic rings. The van der Waals surface area contributed by atoms with E-state index in [0.717, 1.165) is 10.5 Å². The van der Waals surface area contributed by atoms with E-state index in [0.29, 0.717) is 0 Å². The molecule has 0 rings (SSSR count). The van der Waals surface area contributed by atoms with E-state index in [1.54, 1.807) is 0 Å². The zero-order valence-corrected chi connectivity index (χ0v) is 14.7. The highest BCUT2D eigenvalue weighted by Gasteiger charge is 2.27. The Balaban J connectivity index is 4.17. The molecule has 1 nitrogen and oxygen atoms in total. The van der Waals surface area contributed by atoms with Crippen LogP contribution in [0.25, 0.3) is 0 Å². The maximum Gasteiger partial charge on any atom is 0.146 e. The van der Waals surface area contributed by atoms with Crippen LogP contribution >= 0.6 is 0 Å². The molecule has 0 aliphatic carbocycles. The Morgan fingerprint density at radius 1 is 0.706 bits per heavy atom. The summed E-state index contributed by atoms with van der Waals surface area (Å²) in [6.07, 6.45) is 14.6. The predicted molar refractivity (Wildman–Crippen MR) is 81.6 cm³/mol. The second-order valence-corrected chi connectivity index (χ2v) is 5.81. The third kappa shape index (κ3) is 7.99. The van der Waals surface area contributed by atoms with Crippen LogP contribution in [-0.4, -0.2) is 16.1 Å². The molecule has 0 N–H and O–H groups in total. The SMILES string of the molecule is CCCCCC(CCCC)(CCCCC)O[SiH3]. The number of unbranched alkanes of at least 4 members (excludes halogenated alkanes) is 5. The molecular weight excluding hydrogens is 224 g/mol. The monoisotopic (exact) mass is 258 g/mol. The van der Waals surface area contributed by atoms with Gasteiger partial charge in [0.15, 0.2) is 0 Å². The molecule has 2 heteroatoms. The first-order chi connectivity index (χ1) is 8.24. The van der Waals surface area contributed by atoms with Crippen molar-refractivity contribution in [1.29, 1.82) is 0 Å². The fourth-order valence-corrected chi connectivity index (χ4v) is 3.19. The quantitative estimate of drug-likeness (QED) is 0.373. The summed E-state index contributed by atoms with van der Waals surface area (Å²) in [5.74, 6) is 0. The van der Waals surface area contributed by atoms with Gasteiger partial charge in [0.1, 0.15) is 10.5 Å². The van der Waals surface area contributed by atoms with Gasteiger partial charge < -0.3 is 4.43 Å². The van der Waals surface area contributed by atoms with E-state index in [1.807, 2.05) is 0 Å². The molecule has 0 amide bonds. The lowest BCUT2D eigenvalue weighted by atomic mass is 9.86. The molecular formula is C15H34OSi. The van der Waals surface area contributed by atoms with Crippen LogP contribution in [-0.2, 0) is 4.43 Å². The Morgan fingerprint density at radius 3 is 1.47 bits per heavy atom. The van der Waals surface area contributed by atoms with Crippen molar-refractivity contribution in [2.75, 3.05) is 0 Å². The van der Waals surface area contributed by atoms with Crippen molar-refractivity contribution in [3.63, 3.8) is 0 Å². The third-order valence-electron chi connectivity index (χ3n) is 3.89. The molecule has 104 valence electrons. The molecule has 0 bridgehead atoms. The predicted octanol–water partition coefficient (Wildman–Crippen LogP) is 4.37. The number of hydrogen-bond acceptors (Lipinski definition) is 1. The van der Waals surface area contributed by atoms with Crippen molar-refractivity contribution < 1.29 is 4.43 Å². The Kier molecular flexibility index (Phi) is 11.4. The molecule has 0 heterocycles. The van der Waals surface area contributed by atoms with Gasteiger partial charge in [-0.3, -0.25) is 0 Å². The molecule has 0 spiro atoms. The minimum Gasteiger partial charge on any atom is -0.422 e. The zero-order chi connectivity index (χ0) is 13.0. The minimum atomic E-state index is 0.257. The summed E-state index contributed by atoms with van der Waals surface area (Å²) in [6, 6.07) is 0. The molecule has 0 aliphatic heterocycles. The van der Waals surface area contributed by atoms with Crippen molar-refractivity contribution in [3.8, 4) is 0 Å². The van der Waals surface area contributed by atoms with Gasteiger partial charge in [-0.2, -0.15) is 0 Å². The maximum absolute atomic E-state index is 6.07. The van der Waals surface area contributed by atoms with Crippen molar-refractivity contribution in [1.82, 2.24) is 0 Å². The van der Waals surface area contributed by atoms with E-state index in [2.05, 4.69) is 20.8 Å². The van der Waals surface area contributed by atoms with Crippen LogP contribution in [0.3, 0.4) is 0 Å². The van der Waals surface area contributed by atoms with Crippen LogP contribution in [0.2, 0.25) is 0 Å². The lowest BCUT2D eigenvalue weighted by Crippen LogP contribution is -2.32. The van der Waals surface area contributed by atoms with Gasteiger partial charge in [0.25, 0.3) is 0 Å². The van der Waals surface area contributed by atoms with Gasteiger partial charge in [0.2, 0.25) is 0 Å². The molecule has 0 fully saturated rings. The minimum absolute atomic E-state index is 0.257. The number of rotatable bonds is 12. The average molecular weight is 259 g/mol. The summed E-state index contributed by atoms with van der Waals surface area (Å²) in [4.78, 5) is 0. The van der Waals surface area contributed by atoms with Crippen molar-refractivity contribution in [3.05, 3.63) is 0 Å². The summed E-state index contributed by atoms with van der Waals surface area (Å²) in [5.41, 5.74) is 0.257. The lowest BCUT2D eigenvalue weighted by Gasteiger charge is -2.34. The van der Waals surface area contributed by atoms with E-state index in [9.17, 15) is 0 Å². The van der Waals surface area contributed by atoms with Gasteiger partial charge in [-0.15, -0.1) is 0 Å². The van der Waals surface area contributed by atoms with Gasteiger partial charge in [-0.1, -0.05) is 72.1 Å². The molecule has 0 saturated heterocycles. The largest absolute Gasteiger partial charge is 0.422 e. The molecule has 0 unspecified atom stereocenters. The average Bonchev–Trinajstić information content (AvgIpc) is 2.36. The Bertz CT molecular complexity index is 149. The maximum atomic E-state index is 6.07. The van der Waals surface area contributed by atoms with Gasteiger partial charge in [-0.05, 0) is 19.3 Å². The standard InChI is InChI=1S/C15H34OSi/c1-4-7-10-13-15(16-17,12-9-6-3)14-11-8-5-2/h4-14H2,1-3,17H3. The van der Waals surface area contributed by atoms with Crippen molar-refractivity contribution in [2.45, 2.75) is 97.0 Å². The molecule has 0 atom stereocenters. The fraction of sp³-hybridized carbons (Fsp3) is 1.00. The summed E-state index contributed by atoms with van der Waals surface area (Å²) in [7, 11) is 0.899. The third-order valence-corrected chi connectivity index (χ3v) is 4.76. The molecule has 0 aromatic heterocycles. The van der Waals surface area contributed by atoms with E-state index in [1.165, 1.54) is 70.6 Å². The smallest absolute Gasteiger partial charge is 0.146 e. The number of hydrogen-bond donors (Lipinski definition) is 0. The van der Waals surface area contributed by atoms with Crippen LogP contribution in [0.5, 0.6) is 0 Å². The second-order valence-electron chi connectivity index (χ2n) is 5.40. The topological polar surface area (TPSA) is 9.23 Å². The molecule has 0 aromatic carbocycles. The molecule has 0 aromatic rings. The second kappa shape index (κ2) is 11.3. The van der Waals surface area contributed by atoms with Crippen LogP contribution in [0.1, 0.15) is 91.4 Å². The first kappa shape index (κ1) is 17.2. The van der Waals surface area contributed by atoms with Crippen LogP contribution < -0.4 is 0 Å². The first-order valence-corrected chi connectivity index (χ1v) is 8.61. The zero-order valence-electron chi connectivity index (χ0n) is 12.7. The van der Waals surface area contributed by atoms with Gasteiger partial charge >= 0.3 is 0 Å². The first-order valence-electron chi connectivity index (χ1n) is 7.79. The van der Waals surface area contributed by atoms with Crippen LogP contribution in [0.15, 0.2) is 0 Å². The summed E-state index contributed by atoms with van der Waals surface area (Å²) in [5, 5.41) is 0. The molecule has 0 saturated carbocycles. The normalized spacial score (nSPS) is 12.2. The van der Waals surface area contributed by atoms with Crippen molar-refractivity contribution >= 4 is 10.5 Å². The van der Waals surface area contributed by atoms with Crippen molar-refractivity contribution in [2.24, 2.45) is 0 Å². The summed E-state index contributed by atoms with van der Waals surface area (Å²) in [6.45, 7) is 6.86. The van der Waals surface area contributed by atoms with Gasteiger partial charge in [0, 0.05) is 0 Å². The lowest BCUT2D eigenvalue weighted by molar-refractivity contribution is 0.0431. The van der Waals surface area contributed by atoms with Crippen LogP contribution in [0, 0.1) is 0 Å². The van der Waals surface area contributed by atoms with Gasteiger partial charge in [0.05, 0.1) is 5.60 Å². The summed E-state index contributed by atoms with van der Waals surface area (Å²) >= 11 is 0. The van der Waals surface area contributed by atoms with E-state index >= 15 is 0 Å². The highest BCUT2D eigenvalue weighted by Crippen LogP contribution is 2.31. The Hall–Kier alpha value is 0.177. The summed E-state index contributed by atoms with van der Waals surface area (Å²) < 4.78 is 6.07. The van der Waals surface area contributed by atoms with Crippen LogP contribution in [0.4, 0.5) is 0 Å². The Morgan fingerprint density at radius 2 is 1.12 bits per heavy atom. The Labute approximate surface area is 112 Å². The highest BCUT2D eigenvalue weighted by atomic mass is 28.2. The van der Waals surface area contributed by atoms with E-state index < -0.39 is 0 Å². The highest BCUT2D eigenvalue weighted by molar-refractivity contribution is 5.98.